The molecule has 1 aliphatic heterocycles. The largest absolute Gasteiger partial charge is 0.497 e. The molecule has 1 heterocycles. The Morgan fingerprint density at radius 2 is 1.81 bits per heavy atom. The number of methoxy groups -OCH3 is 3. The average Bonchev–Trinajstić information content (AvgIpc) is 2.80. The normalized spacial score (nSPS) is 16.2. The zero-order valence-corrected chi connectivity index (χ0v) is 18.4. The lowest BCUT2D eigenvalue weighted by Crippen LogP contribution is -2.56. The van der Waals surface area contributed by atoms with Gasteiger partial charge in [-0.25, -0.2) is 4.39 Å². The highest BCUT2D eigenvalue weighted by Crippen LogP contribution is 2.24. The van der Waals surface area contributed by atoms with Gasteiger partial charge in [0.1, 0.15) is 23.1 Å². The molecule has 0 radical (unpaired) electrons. The van der Waals surface area contributed by atoms with Gasteiger partial charge in [0.15, 0.2) is 0 Å². The van der Waals surface area contributed by atoms with Gasteiger partial charge < -0.3 is 24.8 Å². The number of benzene rings is 2. The number of hydrogen-bond donors (Lipinski definition) is 2. The molecule has 1 saturated heterocycles. The number of halogens is 1. The van der Waals surface area contributed by atoms with Gasteiger partial charge in [-0.05, 0) is 24.3 Å². The second-order valence-corrected chi connectivity index (χ2v) is 7.39. The zero-order chi connectivity index (χ0) is 23.1. The smallest absolute Gasteiger partial charge is 0.237 e. The predicted molar refractivity (Wildman–Crippen MR) is 116 cm³/mol. The molecule has 2 aromatic carbocycles. The highest BCUT2D eigenvalue weighted by molar-refractivity contribution is 5.88. The summed E-state index contributed by atoms with van der Waals surface area (Å²) in [5, 5.41) is 5.61. The molecule has 2 aromatic rings. The van der Waals surface area contributed by atoms with Gasteiger partial charge in [0.2, 0.25) is 11.8 Å². The molecule has 9 heteroatoms. The Hall–Kier alpha value is -3.33. The first-order chi connectivity index (χ1) is 15.4. The number of ether oxygens (including phenoxy) is 3. The van der Waals surface area contributed by atoms with Crippen molar-refractivity contribution in [2.24, 2.45) is 0 Å². The van der Waals surface area contributed by atoms with E-state index in [1.165, 1.54) is 13.2 Å². The summed E-state index contributed by atoms with van der Waals surface area (Å²) in [4.78, 5) is 27.0. The maximum atomic E-state index is 14.4. The van der Waals surface area contributed by atoms with Crippen molar-refractivity contribution in [2.75, 3.05) is 34.4 Å². The molecule has 2 amide bonds. The van der Waals surface area contributed by atoms with Crippen LogP contribution in [0.3, 0.4) is 0 Å². The quantitative estimate of drug-likeness (QED) is 0.613. The highest BCUT2D eigenvalue weighted by atomic mass is 19.1. The van der Waals surface area contributed by atoms with E-state index in [4.69, 9.17) is 14.2 Å². The first-order valence-corrected chi connectivity index (χ1v) is 10.3. The van der Waals surface area contributed by atoms with Crippen LogP contribution in [0.2, 0.25) is 0 Å². The van der Waals surface area contributed by atoms with Crippen LogP contribution >= 0.6 is 0 Å². The standard InChI is InChI=1S/C23H28FN3O5/c1-30-17-6-7-21(32-3)16(10-17)13-26-22(28)12-20-23(29)25-8-9-27(20)14-15-4-5-18(31-2)11-19(15)24/h4-7,10-11,20H,8-9,12-14H2,1-3H3,(H,25,29)(H,26,28)/t20-/m0/s1. The molecule has 32 heavy (non-hydrogen) atoms. The van der Waals surface area contributed by atoms with Gasteiger partial charge in [-0.2, -0.15) is 0 Å². The number of carbonyl (C=O) groups excluding carboxylic acids is 2. The third-order valence-corrected chi connectivity index (χ3v) is 5.42. The monoisotopic (exact) mass is 445 g/mol. The van der Waals surface area contributed by atoms with Gasteiger partial charge in [-0.1, -0.05) is 6.07 Å². The third kappa shape index (κ3) is 5.67. The maximum absolute atomic E-state index is 14.4. The van der Waals surface area contributed by atoms with Crippen molar-refractivity contribution in [3.8, 4) is 17.2 Å². The lowest BCUT2D eigenvalue weighted by molar-refractivity contribution is -0.134. The molecule has 0 aromatic heterocycles. The van der Waals surface area contributed by atoms with Crippen LogP contribution in [-0.4, -0.2) is 57.2 Å². The van der Waals surface area contributed by atoms with E-state index in [-0.39, 0.29) is 31.3 Å². The summed E-state index contributed by atoms with van der Waals surface area (Å²) in [5.41, 5.74) is 1.19. The maximum Gasteiger partial charge on any atom is 0.237 e. The van der Waals surface area contributed by atoms with E-state index in [1.807, 2.05) is 4.90 Å². The first-order valence-electron chi connectivity index (χ1n) is 10.3. The second-order valence-electron chi connectivity index (χ2n) is 7.39. The van der Waals surface area contributed by atoms with Crippen LogP contribution in [0, 0.1) is 5.82 Å². The van der Waals surface area contributed by atoms with Crippen LogP contribution in [0.4, 0.5) is 4.39 Å². The fraction of sp³-hybridized carbons (Fsp3) is 0.391. The minimum absolute atomic E-state index is 0.0457. The van der Waals surface area contributed by atoms with E-state index in [0.717, 1.165) is 5.56 Å². The third-order valence-electron chi connectivity index (χ3n) is 5.42. The van der Waals surface area contributed by atoms with E-state index in [2.05, 4.69) is 10.6 Å². The Labute approximate surface area is 186 Å². The van der Waals surface area contributed by atoms with Crippen LogP contribution in [0.1, 0.15) is 17.5 Å². The van der Waals surface area contributed by atoms with E-state index < -0.39 is 11.9 Å². The molecule has 3 rings (SSSR count). The molecule has 1 atom stereocenters. The summed E-state index contributed by atoms with van der Waals surface area (Å²) >= 11 is 0. The fourth-order valence-corrected chi connectivity index (χ4v) is 3.64. The molecule has 1 fully saturated rings. The van der Waals surface area contributed by atoms with Crippen molar-refractivity contribution in [1.82, 2.24) is 15.5 Å². The Kier molecular flexibility index (Phi) is 7.88. The lowest BCUT2D eigenvalue weighted by Gasteiger charge is -2.34. The fourth-order valence-electron chi connectivity index (χ4n) is 3.64. The predicted octanol–water partition coefficient (Wildman–Crippen LogP) is 1.86. The lowest BCUT2D eigenvalue weighted by atomic mass is 10.1. The summed E-state index contributed by atoms with van der Waals surface area (Å²) < 4.78 is 30.0. The minimum atomic E-state index is -0.697. The molecule has 2 N–H and O–H groups in total. The number of amides is 2. The summed E-state index contributed by atoms with van der Waals surface area (Å²) in [7, 11) is 4.58. The van der Waals surface area contributed by atoms with E-state index in [0.29, 0.717) is 35.9 Å². The summed E-state index contributed by atoms with van der Waals surface area (Å²) in [5.74, 6) is 0.735. The van der Waals surface area contributed by atoms with Crippen molar-refractivity contribution in [1.29, 1.82) is 0 Å². The Balaban J connectivity index is 1.66. The van der Waals surface area contributed by atoms with Crippen LogP contribution in [0.25, 0.3) is 0 Å². The Morgan fingerprint density at radius 3 is 2.50 bits per heavy atom. The number of hydrogen-bond acceptors (Lipinski definition) is 6. The van der Waals surface area contributed by atoms with Crippen LogP contribution in [0.5, 0.6) is 17.2 Å². The van der Waals surface area contributed by atoms with Crippen molar-refractivity contribution < 1.29 is 28.2 Å². The van der Waals surface area contributed by atoms with Crippen molar-refractivity contribution in [3.05, 3.63) is 53.3 Å². The van der Waals surface area contributed by atoms with Crippen molar-refractivity contribution >= 4 is 11.8 Å². The summed E-state index contributed by atoms with van der Waals surface area (Å²) in [6.45, 7) is 1.39. The van der Waals surface area contributed by atoms with Gasteiger partial charge in [0.05, 0.1) is 33.8 Å². The van der Waals surface area contributed by atoms with Gasteiger partial charge in [-0.3, -0.25) is 14.5 Å². The van der Waals surface area contributed by atoms with Gasteiger partial charge in [0.25, 0.3) is 0 Å². The first kappa shape index (κ1) is 23.3. The molecule has 0 aliphatic carbocycles. The van der Waals surface area contributed by atoms with Crippen molar-refractivity contribution in [3.63, 3.8) is 0 Å². The molecule has 8 nitrogen and oxygen atoms in total. The molecule has 1 aliphatic rings. The zero-order valence-electron chi connectivity index (χ0n) is 18.4. The van der Waals surface area contributed by atoms with E-state index in [1.54, 1.807) is 44.6 Å². The number of rotatable bonds is 9. The van der Waals surface area contributed by atoms with Crippen LogP contribution in [-0.2, 0) is 22.7 Å². The number of piperazine rings is 1. The molecule has 0 saturated carbocycles. The molecular weight excluding hydrogens is 417 g/mol. The van der Waals surface area contributed by atoms with E-state index >= 15 is 0 Å². The van der Waals surface area contributed by atoms with Gasteiger partial charge >= 0.3 is 0 Å². The second kappa shape index (κ2) is 10.8. The van der Waals surface area contributed by atoms with Gasteiger partial charge in [0, 0.05) is 43.4 Å². The van der Waals surface area contributed by atoms with Crippen molar-refractivity contribution in [2.45, 2.75) is 25.6 Å². The number of nitrogens with one attached hydrogen (secondary N) is 2. The number of nitrogens with zero attached hydrogens (tertiary/aromatic N) is 1. The Morgan fingerprint density at radius 1 is 1.09 bits per heavy atom. The minimum Gasteiger partial charge on any atom is -0.497 e. The number of carbonyl (C=O) groups is 2. The summed E-state index contributed by atoms with van der Waals surface area (Å²) in [6.07, 6.45) is -0.0457. The molecule has 172 valence electrons. The molecule has 0 spiro atoms. The van der Waals surface area contributed by atoms with Crippen LogP contribution in [0.15, 0.2) is 36.4 Å². The van der Waals surface area contributed by atoms with E-state index in [9.17, 15) is 14.0 Å². The molecular formula is C23H28FN3O5. The van der Waals surface area contributed by atoms with Crippen LogP contribution < -0.4 is 24.8 Å². The topological polar surface area (TPSA) is 89.1 Å². The van der Waals surface area contributed by atoms with Gasteiger partial charge in [-0.15, -0.1) is 0 Å². The molecule has 0 bridgehead atoms. The Bertz CT molecular complexity index is 969. The molecule has 0 unspecified atom stereocenters. The highest BCUT2D eigenvalue weighted by Gasteiger charge is 2.32. The summed E-state index contributed by atoms with van der Waals surface area (Å²) in [6, 6.07) is 9.23. The average molecular weight is 445 g/mol. The SMILES string of the molecule is COc1ccc(CN2CCNC(=O)[C@@H]2CC(=O)NCc2cc(OC)ccc2OC)c(F)c1.